The van der Waals surface area contributed by atoms with E-state index in [1.54, 1.807) is 0 Å². The molecule has 0 spiro atoms. The highest BCUT2D eigenvalue weighted by Gasteiger charge is 2.45. The average molecular weight is 672 g/mol. The lowest BCUT2D eigenvalue weighted by Crippen LogP contribution is -2.58. The van der Waals surface area contributed by atoms with Gasteiger partial charge in [-0.3, -0.25) is 19.2 Å². The number of β-amino-alcohol motifs (C(OH)–C–C–N with tert-alkyl or cyclic N) is 1. The van der Waals surface area contributed by atoms with Crippen LogP contribution < -0.4 is 10.6 Å². The fourth-order valence-corrected chi connectivity index (χ4v) is 6.19. The maximum atomic E-state index is 14.0. The van der Waals surface area contributed by atoms with E-state index in [9.17, 15) is 24.3 Å². The summed E-state index contributed by atoms with van der Waals surface area (Å²) in [6.45, 7) is 16.5. The van der Waals surface area contributed by atoms with Gasteiger partial charge in [-0.2, -0.15) is 0 Å². The summed E-state index contributed by atoms with van der Waals surface area (Å²) in [4.78, 5) is 53.6. The number of methoxy groups -OCH3 is 1. The molecule has 1 aliphatic rings. The summed E-state index contributed by atoms with van der Waals surface area (Å²) in [7, 11) is -0.803. The third-order valence-corrected chi connectivity index (χ3v) is 13.8. The van der Waals surface area contributed by atoms with E-state index in [1.165, 1.54) is 12.0 Å². The highest BCUT2D eigenvalue weighted by Crippen LogP contribution is 2.37. The van der Waals surface area contributed by atoms with Gasteiger partial charge in [-0.15, -0.1) is 6.42 Å². The molecule has 1 heterocycles. The molecule has 0 aromatic heterocycles. The molecule has 1 aromatic rings. The molecule has 0 bridgehead atoms. The van der Waals surface area contributed by atoms with Crippen molar-refractivity contribution in [3.05, 3.63) is 35.4 Å². The van der Waals surface area contributed by atoms with Gasteiger partial charge in [0.1, 0.15) is 12.1 Å². The summed E-state index contributed by atoms with van der Waals surface area (Å²) in [5.41, 5.74) is 0.881. The van der Waals surface area contributed by atoms with Crippen molar-refractivity contribution in [1.29, 1.82) is 0 Å². The van der Waals surface area contributed by atoms with Gasteiger partial charge < -0.3 is 29.8 Å². The normalized spacial score (nSPS) is 18.2. The van der Waals surface area contributed by atoms with Crippen molar-refractivity contribution in [2.75, 3.05) is 20.3 Å². The lowest BCUT2D eigenvalue weighted by Gasteiger charge is -2.38. The molecule has 1 saturated heterocycles. The third-order valence-electron chi connectivity index (χ3n) is 9.26. The molecule has 1 aromatic carbocycles. The number of hydrogen-bond donors (Lipinski definition) is 3. The van der Waals surface area contributed by atoms with Crippen LogP contribution in [0.1, 0.15) is 104 Å². The van der Waals surface area contributed by atoms with Crippen LogP contribution in [0.25, 0.3) is 0 Å². The Hall–Kier alpha value is -3.20. The van der Waals surface area contributed by atoms with Crippen LogP contribution in [-0.2, 0) is 28.3 Å². The van der Waals surface area contributed by atoms with Crippen molar-refractivity contribution in [3.63, 3.8) is 0 Å². The van der Waals surface area contributed by atoms with Gasteiger partial charge in [-0.25, -0.2) is 0 Å². The van der Waals surface area contributed by atoms with Crippen molar-refractivity contribution in [1.82, 2.24) is 15.5 Å². The Morgan fingerprint density at radius 1 is 1.00 bits per heavy atom. The molecule has 10 nitrogen and oxygen atoms in total. The molecule has 47 heavy (non-hydrogen) atoms. The first-order chi connectivity index (χ1) is 21.8. The SMILES string of the molecule is C#Cc1ccc([C@H](CO[Si](C)(C)C(C)(C)C)NC(=O)[C@@H]2C[C@@H](O)CN2C(=O)[C@@H](NC(=O)CCCCCCC(=O)OC)C(C)(C)C)cc1. The first-order valence-electron chi connectivity index (χ1n) is 16.7. The van der Waals surface area contributed by atoms with Crippen LogP contribution in [0.15, 0.2) is 24.3 Å². The molecule has 4 atom stereocenters. The smallest absolute Gasteiger partial charge is 0.305 e. The van der Waals surface area contributed by atoms with E-state index >= 15 is 0 Å². The van der Waals surface area contributed by atoms with E-state index < -0.39 is 49.8 Å². The Morgan fingerprint density at radius 3 is 2.13 bits per heavy atom. The molecule has 11 heteroatoms. The number of aliphatic hydroxyl groups is 1. The quantitative estimate of drug-likeness (QED) is 0.105. The number of ether oxygens (including phenoxy) is 1. The molecule has 0 unspecified atom stereocenters. The summed E-state index contributed by atoms with van der Waals surface area (Å²) in [5, 5.41) is 16.6. The van der Waals surface area contributed by atoms with Gasteiger partial charge in [-0.05, 0) is 54.1 Å². The molecule has 3 amide bonds. The minimum atomic E-state index is -2.16. The van der Waals surface area contributed by atoms with Gasteiger partial charge in [0.05, 0.1) is 25.9 Å². The van der Waals surface area contributed by atoms with Crippen LogP contribution in [0.5, 0.6) is 0 Å². The first-order valence-corrected chi connectivity index (χ1v) is 19.6. The Morgan fingerprint density at radius 2 is 1.60 bits per heavy atom. The predicted octanol–water partition coefficient (Wildman–Crippen LogP) is 4.85. The van der Waals surface area contributed by atoms with Crippen molar-refractivity contribution in [2.45, 2.75) is 129 Å². The van der Waals surface area contributed by atoms with Crippen LogP contribution in [0, 0.1) is 17.8 Å². The minimum absolute atomic E-state index is 0.0123. The fraction of sp³-hybridized carbons (Fsp3) is 0.667. The average Bonchev–Trinajstić information content (AvgIpc) is 3.39. The number of hydrogen-bond acceptors (Lipinski definition) is 7. The van der Waals surface area contributed by atoms with Crippen LogP contribution in [0.4, 0.5) is 0 Å². The monoisotopic (exact) mass is 671 g/mol. The van der Waals surface area contributed by atoms with Crippen LogP contribution in [0.2, 0.25) is 18.1 Å². The molecular weight excluding hydrogens is 614 g/mol. The molecule has 2 rings (SSSR count). The van der Waals surface area contributed by atoms with Crippen molar-refractivity contribution >= 4 is 32.0 Å². The van der Waals surface area contributed by atoms with Crippen molar-refractivity contribution < 1.29 is 33.4 Å². The lowest BCUT2D eigenvalue weighted by molar-refractivity contribution is -0.144. The Balaban J connectivity index is 2.19. The fourth-order valence-electron chi connectivity index (χ4n) is 5.17. The van der Waals surface area contributed by atoms with E-state index in [0.717, 1.165) is 18.4 Å². The summed E-state index contributed by atoms with van der Waals surface area (Å²) in [6, 6.07) is 5.03. The zero-order chi connectivity index (χ0) is 35.6. The number of benzene rings is 1. The van der Waals surface area contributed by atoms with E-state index in [2.05, 4.69) is 55.2 Å². The standard InChI is InChI=1S/C36H57N3O7Si/c1-11-25-18-20-26(21-19-25)28(24-46-47(9,10)36(5,6)7)37-33(43)29-22-27(40)23-39(29)34(44)32(35(2,3)4)38-30(41)16-14-12-13-15-17-31(42)45-8/h1,18-21,27-29,32,40H,12-17,22-24H2,2-10H3,(H,37,43)(H,38,41)/t27-,28+,29+,32-/m1/s1. The largest absolute Gasteiger partial charge is 0.469 e. The number of amides is 3. The summed E-state index contributed by atoms with van der Waals surface area (Å²) < 4.78 is 11.2. The second-order valence-corrected chi connectivity index (χ2v) is 20.0. The molecule has 1 fully saturated rings. The predicted molar refractivity (Wildman–Crippen MR) is 186 cm³/mol. The maximum Gasteiger partial charge on any atom is 0.305 e. The molecular formula is C36H57N3O7Si. The van der Waals surface area contributed by atoms with Crippen LogP contribution >= 0.6 is 0 Å². The van der Waals surface area contributed by atoms with Crippen LogP contribution in [-0.4, -0.2) is 80.5 Å². The minimum Gasteiger partial charge on any atom is -0.469 e. The van der Waals surface area contributed by atoms with E-state index in [0.29, 0.717) is 24.8 Å². The summed E-state index contributed by atoms with van der Waals surface area (Å²) >= 11 is 0. The number of esters is 1. The third kappa shape index (κ3) is 12.1. The summed E-state index contributed by atoms with van der Waals surface area (Å²) in [6.07, 6.45) is 8.22. The number of rotatable bonds is 15. The van der Waals surface area contributed by atoms with Gasteiger partial charge in [0, 0.05) is 31.4 Å². The maximum absolute atomic E-state index is 14.0. The zero-order valence-corrected chi connectivity index (χ0v) is 30.9. The van der Waals surface area contributed by atoms with Gasteiger partial charge in [0.2, 0.25) is 17.7 Å². The molecule has 3 N–H and O–H groups in total. The number of carbonyl (C=O) groups excluding carboxylic acids is 4. The van der Waals surface area contributed by atoms with Crippen molar-refractivity contribution in [2.24, 2.45) is 5.41 Å². The first kappa shape index (κ1) is 40.0. The zero-order valence-electron chi connectivity index (χ0n) is 29.9. The Bertz CT molecular complexity index is 1260. The van der Waals surface area contributed by atoms with Crippen molar-refractivity contribution in [3.8, 4) is 12.3 Å². The highest BCUT2D eigenvalue weighted by molar-refractivity contribution is 6.74. The number of nitrogens with one attached hydrogen (secondary N) is 2. The molecule has 262 valence electrons. The number of carbonyl (C=O) groups is 4. The number of nitrogens with zero attached hydrogens (tertiary/aromatic N) is 1. The molecule has 0 radical (unpaired) electrons. The van der Waals surface area contributed by atoms with E-state index in [4.69, 9.17) is 10.8 Å². The van der Waals surface area contributed by atoms with Gasteiger partial charge in [0.25, 0.3) is 0 Å². The Kier molecular flexibility index (Phi) is 14.7. The Labute approximate surface area is 282 Å². The number of terminal acetylenes is 1. The van der Waals surface area contributed by atoms with E-state index in [-0.39, 0.29) is 42.9 Å². The number of likely N-dealkylation sites (tertiary alicyclic amines) is 1. The molecule has 0 aliphatic carbocycles. The van der Waals surface area contributed by atoms with Gasteiger partial charge >= 0.3 is 5.97 Å². The van der Waals surface area contributed by atoms with Gasteiger partial charge in [0.15, 0.2) is 8.32 Å². The lowest BCUT2D eigenvalue weighted by atomic mass is 9.85. The second kappa shape index (κ2) is 17.3. The number of aliphatic hydroxyl groups excluding tert-OH is 1. The molecule has 0 saturated carbocycles. The summed E-state index contributed by atoms with van der Waals surface area (Å²) in [5.74, 6) is 1.30. The second-order valence-electron chi connectivity index (χ2n) is 15.2. The number of unbranched alkanes of at least 4 members (excludes halogenated alkanes) is 3. The van der Waals surface area contributed by atoms with Crippen LogP contribution in [0.3, 0.4) is 0 Å². The van der Waals surface area contributed by atoms with Gasteiger partial charge in [-0.1, -0.05) is 72.4 Å². The highest BCUT2D eigenvalue weighted by atomic mass is 28.4. The topological polar surface area (TPSA) is 134 Å². The van der Waals surface area contributed by atoms with E-state index in [1.807, 2.05) is 45.0 Å². The molecule has 1 aliphatic heterocycles.